The molecule has 0 aliphatic carbocycles. The number of benzene rings is 1. The van der Waals surface area contributed by atoms with Crippen molar-refractivity contribution < 1.29 is 13.2 Å². The molecule has 1 aromatic carbocycles. The summed E-state index contributed by atoms with van der Waals surface area (Å²) in [7, 11) is -1.85. The van der Waals surface area contributed by atoms with Crippen LogP contribution in [0.5, 0.6) is 0 Å². The van der Waals surface area contributed by atoms with E-state index in [1.807, 2.05) is 24.3 Å². The molecule has 108 valence electrons. The maximum atomic E-state index is 12.1. The summed E-state index contributed by atoms with van der Waals surface area (Å²) in [5.74, 6) is 0. The molecule has 4 nitrogen and oxygen atoms in total. The monoisotopic (exact) mass is 375 g/mol. The molecule has 0 bridgehead atoms. The largest absolute Gasteiger partial charge is 0.380 e. The summed E-state index contributed by atoms with van der Waals surface area (Å²) in [4.78, 5) is 0. The van der Waals surface area contributed by atoms with E-state index in [2.05, 4.69) is 20.7 Å². The van der Waals surface area contributed by atoms with Crippen molar-refractivity contribution in [3.63, 3.8) is 0 Å². The summed E-state index contributed by atoms with van der Waals surface area (Å²) in [6, 6.07) is 9.36. The van der Waals surface area contributed by atoms with Crippen molar-refractivity contribution in [2.45, 2.75) is 17.4 Å². The van der Waals surface area contributed by atoms with Gasteiger partial charge in [-0.15, -0.1) is 11.3 Å². The highest BCUT2D eigenvalue weighted by Crippen LogP contribution is 2.27. The molecule has 0 aliphatic heterocycles. The Balaban J connectivity index is 2.09. The Kier molecular flexibility index (Phi) is 5.34. The first kappa shape index (κ1) is 15.7. The van der Waals surface area contributed by atoms with E-state index in [9.17, 15) is 8.42 Å². The van der Waals surface area contributed by atoms with Crippen LogP contribution in [0.1, 0.15) is 11.1 Å². The normalized spacial score (nSPS) is 11.7. The van der Waals surface area contributed by atoms with Gasteiger partial charge in [-0.1, -0.05) is 24.3 Å². The lowest BCUT2D eigenvalue weighted by atomic mass is 10.1. The van der Waals surface area contributed by atoms with Gasteiger partial charge < -0.3 is 4.74 Å². The zero-order chi connectivity index (χ0) is 14.6. The number of sulfonamides is 1. The van der Waals surface area contributed by atoms with E-state index >= 15 is 0 Å². The van der Waals surface area contributed by atoms with Gasteiger partial charge in [0.2, 0.25) is 0 Å². The molecule has 7 heteroatoms. The Morgan fingerprint density at radius 3 is 2.70 bits per heavy atom. The molecule has 1 heterocycles. The minimum Gasteiger partial charge on any atom is -0.380 e. The summed E-state index contributed by atoms with van der Waals surface area (Å²) in [6.07, 6.45) is 0. The maximum absolute atomic E-state index is 12.1. The summed E-state index contributed by atoms with van der Waals surface area (Å²) in [5, 5.41) is 1.73. The van der Waals surface area contributed by atoms with E-state index < -0.39 is 10.0 Å². The average Bonchev–Trinajstić information content (AvgIpc) is 2.85. The molecular weight excluding hydrogens is 362 g/mol. The fourth-order valence-electron chi connectivity index (χ4n) is 1.71. The molecule has 0 spiro atoms. The van der Waals surface area contributed by atoms with Crippen molar-refractivity contribution in [2.75, 3.05) is 7.11 Å². The van der Waals surface area contributed by atoms with Gasteiger partial charge in [0, 0.05) is 18.1 Å². The average molecular weight is 376 g/mol. The summed E-state index contributed by atoms with van der Waals surface area (Å²) in [5.41, 5.74) is 1.91. The lowest BCUT2D eigenvalue weighted by Crippen LogP contribution is -2.22. The smallest absolute Gasteiger partial charge is 0.251 e. The van der Waals surface area contributed by atoms with Crippen LogP contribution in [-0.2, 0) is 27.9 Å². The van der Waals surface area contributed by atoms with Gasteiger partial charge >= 0.3 is 0 Å². The molecule has 2 aromatic rings. The Labute approximate surface area is 131 Å². The molecule has 0 atom stereocenters. The molecule has 0 unspecified atom stereocenters. The molecule has 1 aromatic heterocycles. The minimum atomic E-state index is -3.48. The van der Waals surface area contributed by atoms with Crippen molar-refractivity contribution >= 4 is 37.3 Å². The second-order valence-corrected chi connectivity index (χ2v) is 7.87. The van der Waals surface area contributed by atoms with Crippen LogP contribution >= 0.6 is 27.3 Å². The van der Waals surface area contributed by atoms with Crippen molar-refractivity contribution in [2.24, 2.45) is 0 Å². The molecule has 0 saturated heterocycles. The van der Waals surface area contributed by atoms with E-state index in [1.165, 1.54) is 11.3 Å². The van der Waals surface area contributed by atoms with Crippen LogP contribution in [0.4, 0.5) is 0 Å². The van der Waals surface area contributed by atoms with Gasteiger partial charge in [-0.25, -0.2) is 13.1 Å². The number of rotatable bonds is 6. The predicted octanol–water partition coefficient (Wildman–Crippen LogP) is 3.14. The number of hydrogen-bond donors (Lipinski definition) is 1. The van der Waals surface area contributed by atoms with Gasteiger partial charge in [0.25, 0.3) is 10.0 Å². The van der Waals surface area contributed by atoms with Crippen molar-refractivity contribution in [1.29, 1.82) is 0 Å². The van der Waals surface area contributed by atoms with Crippen LogP contribution in [0.25, 0.3) is 0 Å². The SMILES string of the molecule is COCc1cccc(CNS(=O)(=O)c2sccc2Br)c1. The second kappa shape index (κ2) is 6.82. The van der Waals surface area contributed by atoms with Crippen molar-refractivity contribution in [3.05, 3.63) is 51.3 Å². The molecule has 0 amide bonds. The van der Waals surface area contributed by atoms with Crippen molar-refractivity contribution in [3.8, 4) is 0 Å². The van der Waals surface area contributed by atoms with Crippen molar-refractivity contribution in [1.82, 2.24) is 4.72 Å². The third kappa shape index (κ3) is 3.89. The minimum absolute atomic E-state index is 0.254. The molecule has 0 aliphatic rings. The Hall–Kier alpha value is -0.730. The molecule has 0 fully saturated rings. The highest BCUT2D eigenvalue weighted by atomic mass is 79.9. The van der Waals surface area contributed by atoms with Gasteiger partial charge in [0.1, 0.15) is 4.21 Å². The van der Waals surface area contributed by atoms with Crippen LogP contribution in [0.15, 0.2) is 44.4 Å². The van der Waals surface area contributed by atoms with Gasteiger partial charge in [-0.3, -0.25) is 0 Å². The molecule has 1 N–H and O–H groups in total. The summed E-state index contributed by atoms with van der Waals surface area (Å²) >= 11 is 4.42. The number of ether oxygens (including phenoxy) is 1. The quantitative estimate of drug-likeness (QED) is 0.843. The van der Waals surface area contributed by atoms with E-state index in [4.69, 9.17) is 4.74 Å². The van der Waals surface area contributed by atoms with Gasteiger partial charge in [0.05, 0.1) is 6.61 Å². The summed E-state index contributed by atoms with van der Waals surface area (Å²) in [6.45, 7) is 0.765. The Bertz CT molecular complexity index is 682. The Morgan fingerprint density at radius 2 is 2.05 bits per heavy atom. The molecular formula is C13H14BrNO3S2. The van der Waals surface area contributed by atoms with E-state index in [1.54, 1.807) is 18.6 Å². The lowest BCUT2D eigenvalue weighted by molar-refractivity contribution is 0.185. The Morgan fingerprint density at radius 1 is 1.30 bits per heavy atom. The lowest BCUT2D eigenvalue weighted by Gasteiger charge is -2.07. The van der Waals surface area contributed by atoms with Crippen LogP contribution in [0.3, 0.4) is 0 Å². The maximum Gasteiger partial charge on any atom is 0.251 e. The first-order valence-corrected chi connectivity index (χ1v) is 8.98. The van der Waals surface area contributed by atoms with E-state index in [0.29, 0.717) is 15.3 Å². The number of thiophene rings is 1. The fraction of sp³-hybridized carbons (Fsp3) is 0.231. The third-order valence-electron chi connectivity index (χ3n) is 2.60. The molecule has 2 rings (SSSR count). The second-order valence-electron chi connectivity index (χ2n) is 4.13. The number of hydrogen-bond acceptors (Lipinski definition) is 4. The number of methoxy groups -OCH3 is 1. The number of nitrogens with one attached hydrogen (secondary N) is 1. The van der Waals surface area contributed by atoms with Gasteiger partial charge in [-0.05, 0) is 38.5 Å². The molecule has 0 saturated carbocycles. The number of halogens is 1. The fourth-order valence-corrected chi connectivity index (χ4v) is 5.11. The zero-order valence-corrected chi connectivity index (χ0v) is 14.0. The summed E-state index contributed by atoms with van der Waals surface area (Å²) < 4.78 is 32.8. The third-order valence-corrected chi connectivity index (χ3v) is 6.67. The van der Waals surface area contributed by atoms with Crippen LogP contribution < -0.4 is 4.72 Å². The van der Waals surface area contributed by atoms with Crippen LogP contribution in [0, 0.1) is 0 Å². The van der Waals surface area contributed by atoms with Gasteiger partial charge in [-0.2, -0.15) is 0 Å². The van der Waals surface area contributed by atoms with Crippen LogP contribution in [-0.4, -0.2) is 15.5 Å². The topological polar surface area (TPSA) is 55.4 Å². The first-order valence-electron chi connectivity index (χ1n) is 5.82. The van der Waals surface area contributed by atoms with Crippen LogP contribution in [0.2, 0.25) is 0 Å². The van der Waals surface area contributed by atoms with E-state index in [0.717, 1.165) is 11.1 Å². The molecule has 0 radical (unpaired) electrons. The highest BCUT2D eigenvalue weighted by molar-refractivity contribution is 9.10. The predicted molar refractivity (Wildman–Crippen MR) is 83.2 cm³/mol. The highest BCUT2D eigenvalue weighted by Gasteiger charge is 2.18. The zero-order valence-electron chi connectivity index (χ0n) is 10.8. The van der Waals surface area contributed by atoms with E-state index in [-0.39, 0.29) is 6.54 Å². The van der Waals surface area contributed by atoms with Gasteiger partial charge in [0.15, 0.2) is 0 Å². The molecule has 20 heavy (non-hydrogen) atoms. The first-order chi connectivity index (χ1) is 9.53. The standard InChI is InChI=1S/C13H14BrNO3S2/c1-18-9-11-4-2-3-10(7-11)8-15-20(16,17)13-12(14)5-6-19-13/h2-7,15H,8-9H2,1H3.